The van der Waals surface area contributed by atoms with Crippen LogP contribution in [0.25, 0.3) is 5.69 Å². The minimum atomic E-state index is -0.177. The van der Waals surface area contributed by atoms with Crippen molar-refractivity contribution in [2.24, 2.45) is 0 Å². The smallest absolute Gasteiger partial charge is 0.231 e. The molecule has 8 heteroatoms. The van der Waals surface area contributed by atoms with Gasteiger partial charge in [0, 0.05) is 29.3 Å². The minimum absolute atomic E-state index is 0.174. The lowest BCUT2D eigenvalue weighted by Crippen LogP contribution is -2.29. The number of thiocarbonyl (C=S) groups is 1. The number of nitrogens with zero attached hydrogens (tertiary/aromatic N) is 3. The van der Waals surface area contributed by atoms with Crippen molar-refractivity contribution in [3.05, 3.63) is 95.6 Å². The molecule has 4 aromatic rings. The highest BCUT2D eigenvalue weighted by Gasteiger charge is 2.42. The Hall–Kier alpha value is -4.04. The van der Waals surface area contributed by atoms with Crippen LogP contribution in [0.4, 0.5) is 5.69 Å². The van der Waals surface area contributed by atoms with E-state index < -0.39 is 0 Å². The Bertz CT molecular complexity index is 1440. The predicted molar refractivity (Wildman–Crippen MR) is 137 cm³/mol. The van der Waals surface area contributed by atoms with E-state index in [0.717, 1.165) is 39.8 Å². The van der Waals surface area contributed by atoms with E-state index in [4.69, 9.17) is 21.7 Å². The van der Waals surface area contributed by atoms with Crippen molar-refractivity contribution in [2.45, 2.75) is 25.9 Å². The summed E-state index contributed by atoms with van der Waals surface area (Å²) in [5.74, 6) is 1.65. The zero-order valence-corrected chi connectivity index (χ0v) is 20.1. The first-order valence-electron chi connectivity index (χ1n) is 11.4. The molecule has 2 N–H and O–H groups in total. The Morgan fingerprint density at radius 2 is 1.80 bits per heavy atom. The second-order valence-corrected chi connectivity index (χ2v) is 9.07. The molecule has 6 rings (SSSR count). The third-order valence-corrected chi connectivity index (χ3v) is 6.96. The van der Waals surface area contributed by atoms with Gasteiger partial charge in [-0.1, -0.05) is 18.2 Å². The van der Waals surface area contributed by atoms with E-state index in [0.29, 0.717) is 10.9 Å². The number of aryl methyl sites for hydroxylation is 1. The summed E-state index contributed by atoms with van der Waals surface area (Å²) in [6, 6.07) is 21.0. The van der Waals surface area contributed by atoms with Gasteiger partial charge in [0.25, 0.3) is 0 Å². The quantitative estimate of drug-likeness (QED) is 0.391. The van der Waals surface area contributed by atoms with Crippen LogP contribution in [0.15, 0.2) is 72.9 Å². The molecular weight excluding hydrogens is 460 g/mol. The number of nitrogens with one attached hydrogen (secondary N) is 1. The van der Waals surface area contributed by atoms with E-state index in [1.54, 1.807) is 12.3 Å². The van der Waals surface area contributed by atoms with Crippen LogP contribution in [0.3, 0.4) is 0 Å². The fourth-order valence-electron chi connectivity index (χ4n) is 5.10. The minimum Gasteiger partial charge on any atom is -0.506 e. The Morgan fingerprint density at radius 1 is 1.00 bits per heavy atom. The number of aromatic nitrogens is 2. The van der Waals surface area contributed by atoms with Gasteiger partial charge >= 0.3 is 0 Å². The average Bonchev–Trinajstić information content (AvgIpc) is 3.55. The van der Waals surface area contributed by atoms with Crippen LogP contribution < -0.4 is 19.7 Å². The lowest BCUT2D eigenvalue weighted by Gasteiger charge is -2.28. The van der Waals surface area contributed by atoms with Crippen LogP contribution >= 0.6 is 12.2 Å². The summed E-state index contributed by atoms with van der Waals surface area (Å²) in [5, 5.41) is 14.7. The van der Waals surface area contributed by atoms with Crippen molar-refractivity contribution in [1.82, 2.24) is 14.9 Å². The van der Waals surface area contributed by atoms with Gasteiger partial charge in [0.05, 0.1) is 23.5 Å². The summed E-state index contributed by atoms with van der Waals surface area (Å²) in [4.78, 5) is 6.77. The van der Waals surface area contributed by atoms with Gasteiger partial charge in [0.15, 0.2) is 16.6 Å². The monoisotopic (exact) mass is 484 g/mol. The summed E-state index contributed by atoms with van der Waals surface area (Å²) >= 11 is 5.87. The van der Waals surface area contributed by atoms with E-state index in [1.165, 1.54) is 0 Å². The SMILES string of the molecule is Cc1cc([C@@H]2[C@@H](c3ccccn3)NC(=S)N2c2ccc3c(c2)OCO3)c(C)n1-c1ccccc1O. The number of anilines is 1. The van der Waals surface area contributed by atoms with E-state index in [1.807, 2.05) is 61.5 Å². The zero-order valence-electron chi connectivity index (χ0n) is 19.3. The van der Waals surface area contributed by atoms with Gasteiger partial charge in [-0.3, -0.25) is 4.98 Å². The molecule has 176 valence electrons. The number of phenols is 1. The summed E-state index contributed by atoms with van der Waals surface area (Å²) in [7, 11) is 0. The van der Waals surface area contributed by atoms with E-state index >= 15 is 0 Å². The number of pyridine rings is 1. The Kier molecular flexibility index (Phi) is 5.11. The van der Waals surface area contributed by atoms with Gasteiger partial charge in [-0.05, 0) is 74.1 Å². The van der Waals surface area contributed by atoms with Crippen molar-refractivity contribution < 1.29 is 14.6 Å². The molecule has 0 unspecified atom stereocenters. The molecule has 1 saturated heterocycles. The molecule has 2 aliphatic heterocycles. The van der Waals surface area contributed by atoms with Gasteiger partial charge in [-0.25, -0.2) is 0 Å². The van der Waals surface area contributed by atoms with Gasteiger partial charge < -0.3 is 29.4 Å². The Labute approximate surface area is 208 Å². The predicted octanol–water partition coefficient (Wildman–Crippen LogP) is 5.10. The topological polar surface area (TPSA) is 71.8 Å². The van der Waals surface area contributed by atoms with Crippen LogP contribution in [0.5, 0.6) is 17.2 Å². The Balaban J connectivity index is 1.52. The first-order valence-corrected chi connectivity index (χ1v) is 11.8. The summed E-state index contributed by atoms with van der Waals surface area (Å²) in [6.07, 6.45) is 1.80. The number of benzene rings is 2. The standard InChI is InChI=1S/C27H24N4O3S/c1-16-13-19(17(2)30(16)21-8-3-4-9-22(21)32)26-25(20-7-5-6-12-28-20)29-27(35)31(26)18-10-11-23-24(14-18)34-15-33-23/h3-14,25-26,32H,15H2,1-2H3,(H,29,35)/t25-,26-/m1/s1. The molecule has 0 radical (unpaired) electrons. The fourth-order valence-corrected chi connectivity index (χ4v) is 5.44. The number of rotatable bonds is 4. The molecule has 35 heavy (non-hydrogen) atoms. The molecule has 0 spiro atoms. The number of phenolic OH excluding ortho intramolecular Hbond substituents is 1. The van der Waals surface area contributed by atoms with Gasteiger partial charge in [-0.2, -0.15) is 0 Å². The lowest BCUT2D eigenvalue weighted by molar-refractivity contribution is 0.174. The maximum atomic E-state index is 10.6. The molecule has 0 bridgehead atoms. The van der Waals surface area contributed by atoms with E-state index in [2.05, 4.69) is 32.8 Å². The zero-order chi connectivity index (χ0) is 24.1. The maximum Gasteiger partial charge on any atom is 0.231 e. The molecule has 1 fully saturated rings. The number of aromatic hydroxyl groups is 1. The van der Waals surface area contributed by atoms with Crippen LogP contribution in [0, 0.1) is 13.8 Å². The third-order valence-electron chi connectivity index (χ3n) is 6.64. The van der Waals surface area contributed by atoms with E-state index in [-0.39, 0.29) is 24.6 Å². The van der Waals surface area contributed by atoms with Gasteiger partial charge in [0.2, 0.25) is 6.79 Å². The molecule has 2 aromatic heterocycles. The maximum absolute atomic E-state index is 10.6. The molecule has 2 atom stereocenters. The summed E-state index contributed by atoms with van der Waals surface area (Å²) in [6.45, 7) is 4.33. The molecule has 7 nitrogen and oxygen atoms in total. The third kappa shape index (κ3) is 3.49. The highest BCUT2D eigenvalue weighted by molar-refractivity contribution is 7.80. The van der Waals surface area contributed by atoms with Crippen LogP contribution in [0.2, 0.25) is 0 Å². The fraction of sp³-hybridized carbons (Fsp3) is 0.185. The lowest BCUT2D eigenvalue weighted by atomic mass is 9.96. The van der Waals surface area contributed by atoms with Crippen molar-refractivity contribution in [3.8, 4) is 22.9 Å². The second-order valence-electron chi connectivity index (χ2n) is 8.68. The van der Waals surface area contributed by atoms with Crippen molar-refractivity contribution in [1.29, 1.82) is 0 Å². The molecule has 4 heterocycles. The summed E-state index contributed by atoms with van der Waals surface area (Å²) < 4.78 is 13.2. The normalized spacial score (nSPS) is 18.7. The summed E-state index contributed by atoms with van der Waals surface area (Å²) in [5.41, 5.74) is 5.67. The first kappa shape index (κ1) is 21.5. The number of hydrogen-bond acceptors (Lipinski definition) is 5. The number of para-hydroxylation sites is 2. The van der Waals surface area contributed by atoms with E-state index in [9.17, 15) is 5.11 Å². The molecule has 2 aliphatic rings. The molecule has 2 aromatic carbocycles. The van der Waals surface area contributed by atoms with Crippen molar-refractivity contribution in [2.75, 3.05) is 11.7 Å². The van der Waals surface area contributed by atoms with Crippen LogP contribution in [-0.2, 0) is 0 Å². The molecule has 0 aliphatic carbocycles. The largest absolute Gasteiger partial charge is 0.506 e. The van der Waals surface area contributed by atoms with Crippen molar-refractivity contribution in [3.63, 3.8) is 0 Å². The molecule has 0 amide bonds. The molecular formula is C27H24N4O3S. The van der Waals surface area contributed by atoms with Crippen molar-refractivity contribution >= 4 is 23.0 Å². The second kappa shape index (κ2) is 8.32. The average molecular weight is 485 g/mol. The Morgan fingerprint density at radius 3 is 2.60 bits per heavy atom. The number of hydrogen-bond donors (Lipinski definition) is 2. The number of fused-ring (bicyclic) bond motifs is 1. The van der Waals surface area contributed by atoms with Crippen LogP contribution in [-0.4, -0.2) is 26.6 Å². The van der Waals surface area contributed by atoms with Crippen LogP contribution in [0.1, 0.15) is 34.7 Å². The molecule has 0 saturated carbocycles. The highest BCUT2D eigenvalue weighted by Crippen LogP contribution is 2.46. The highest BCUT2D eigenvalue weighted by atomic mass is 32.1. The van der Waals surface area contributed by atoms with Gasteiger partial charge in [-0.15, -0.1) is 0 Å². The number of ether oxygens (including phenoxy) is 2. The first-order chi connectivity index (χ1) is 17.0. The van der Waals surface area contributed by atoms with Gasteiger partial charge in [0.1, 0.15) is 5.75 Å².